The van der Waals surface area contributed by atoms with Crippen LogP contribution in [0.4, 0.5) is 5.69 Å². The van der Waals surface area contributed by atoms with E-state index in [0.717, 1.165) is 42.5 Å². The van der Waals surface area contributed by atoms with Crippen molar-refractivity contribution in [3.05, 3.63) is 44.3 Å². The van der Waals surface area contributed by atoms with Crippen LogP contribution >= 0.6 is 11.6 Å². The number of halogens is 1. The number of aryl methyl sites for hydroxylation is 2. The molecule has 29 heavy (non-hydrogen) atoms. The van der Waals surface area contributed by atoms with Gasteiger partial charge in [0.1, 0.15) is 11.5 Å². The summed E-state index contributed by atoms with van der Waals surface area (Å²) in [4.78, 5) is 30.5. The predicted molar refractivity (Wildman–Crippen MR) is 119 cm³/mol. The molecular formula is C23H30ClN3O2. The third-order valence-electron chi connectivity index (χ3n) is 5.81. The minimum absolute atomic E-state index is 0.0638. The maximum atomic E-state index is 13.4. The summed E-state index contributed by atoms with van der Waals surface area (Å²) in [6.07, 6.45) is 4.79. The standard InChI is InChI=1S/C23H30ClN3O2/c1-5-15(6-2)25-21-19(7-3)26-22(27(8-4)23(21)29)17-12-14-10-9-11-20(28)16(14)13-18(17)24/h12-13,15,25H,5-11H2,1-4H3. The van der Waals surface area contributed by atoms with Crippen LogP contribution in [0.15, 0.2) is 16.9 Å². The molecule has 156 valence electrons. The van der Waals surface area contributed by atoms with Crippen molar-refractivity contribution in [2.24, 2.45) is 0 Å². The summed E-state index contributed by atoms with van der Waals surface area (Å²) in [5.74, 6) is 0.717. The molecule has 2 aromatic rings. The van der Waals surface area contributed by atoms with Gasteiger partial charge in [-0.2, -0.15) is 0 Å². The average molecular weight is 416 g/mol. The fraction of sp³-hybridized carbons (Fsp3) is 0.522. The summed E-state index contributed by atoms with van der Waals surface area (Å²) < 4.78 is 1.68. The minimum atomic E-state index is -0.0638. The minimum Gasteiger partial charge on any atom is -0.376 e. The molecule has 1 aromatic carbocycles. The van der Waals surface area contributed by atoms with Crippen LogP contribution in [-0.2, 0) is 19.4 Å². The lowest BCUT2D eigenvalue weighted by Gasteiger charge is -2.22. The topological polar surface area (TPSA) is 64.0 Å². The average Bonchev–Trinajstić information content (AvgIpc) is 2.72. The highest BCUT2D eigenvalue weighted by Gasteiger charge is 2.23. The van der Waals surface area contributed by atoms with E-state index in [0.29, 0.717) is 41.5 Å². The summed E-state index contributed by atoms with van der Waals surface area (Å²) in [5, 5.41) is 3.88. The molecule has 5 nitrogen and oxygen atoms in total. The van der Waals surface area contributed by atoms with Gasteiger partial charge in [0.2, 0.25) is 0 Å². The van der Waals surface area contributed by atoms with Crippen molar-refractivity contribution in [1.82, 2.24) is 9.55 Å². The van der Waals surface area contributed by atoms with Crippen LogP contribution < -0.4 is 10.9 Å². The van der Waals surface area contributed by atoms with Crippen molar-refractivity contribution in [3.63, 3.8) is 0 Å². The van der Waals surface area contributed by atoms with Gasteiger partial charge in [0.05, 0.1) is 10.7 Å². The third-order valence-corrected chi connectivity index (χ3v) is 6.13. The fourth-order valence-electron chi connectivity index (χ4n) is 4.03. The number of benzene rings is 1. The Labute approximate surface area is 177 Å². The van der Waals surface area contributed by atoms with Crippen molar-refractivity contribution in [1.29, 1.82) is 0 Å². The molecule has 3 rings (SSSR count). The lowest BCUT2D eigenvalue weighted by molar-refractivity contribution is 0.0972. The number of anilines is 1. The van der Waals surface area contributed by atoms with Crippen molar-refractivity contribution < 1.29 is 4.79 Å². The first-order chi connectivity index (χ1) is 13.9. The van der Waals surface area contributed by atoms with E-state index in [1.54, 1.807) is 10.6 Å². The summed E-state index contributed by atoms with van der Waals surface area (Å²) >= 11 is 6.58. The van der Waals surface area contributed by atoms with E-state index in [9.17, 15) is 9.59 Å². The molecule has 1 aliphatic rings. The first kappa shape index (κ1) is 21.6. The van der Waals surface area contributed by atoms with Crippen LogP contribution in [0.2, 0.25) is 5.02 Å². The van der Waals surface area contributed by atoms with E-state index in [1.807, 2.05) is 19.9 Å². The van der Waals surface area contributed by atoms with Crippen molar-refractivity contribution in [2.45, 2.75) is 78.8 Å². The monoisotopic (exact) mass is 415 g/mol. The van der Waals surface area contributed by atoms with Gasteiger partial charge < -0.3 is 5.32 Å². The molecule has 0 unspecified atom stereocenters. The van der Waals surface area contributed by atoms with Crippen LogP contribution in [0.1, 0.15) is 75.0 Å². The molecule has 0 saturated heterocycles. The summed E-state index contributed by atoms with van der Waals surface area (Å²) in [6.45, 7) is 8.67. The number of Topliss-reactive ketones (excluding diaryl/α,β-unsaturated/α-hetero) is 1. The third kappa shape index (κ3) is 4.11. The molecule has 0 spiro atoms. The van der Waals surface area contributed by atoms with Gasteiger partial charge in [-0.1, -0.05) is 32.4 Å². The Morgan fingerprint density at radius 3 is 2.45 bits per heavy atom. The molecule has 0 atom stereocenters. The van der Waals surface area contributed by atoms with E-state index in [-0.39, 0.29) is 17.4 Å². The number of hydrogen-bond acceptors (Lipinski definition) is 4. The second-order valence-corrected chi connectivity index (χ2v) is 7.99. The molecule has 1 aromatic heterocycles. The largest absolute Gasteiger partial charge is 0.376 e. The zero-order chi connectivity index (χ0) is 21.1. The quantitative estimate of drug-likeness (QED) is 0.669. The van der Waals surface area contributed by atoms with Gasteiger partial charge in [-0.15, -0.1) is 0 Å². The van der Waals surface area contributed by atoms with Crippen molar-refractivity contribution >= 4 is 23.1 Å². The maximum absolute atomic E-state index is 13.4. The van der Waals surface area contributed by atoms with E-state index in [2.05, 4.69) is 19.2 Å². The van der Waals surface area contributed by atoms with E-state index in [4.69, 9.17) is 16.6 Å². The lowest BCUT2D eigenvalue weighted by Crippen LogP contribution is -2.31. The van der Waals surface area contributed by atoms with Crippen LogP contribution in [0, 0.1) is 0 Å². The summed E-state index contributed by atoms with van der Waals surface area (Å²) in [5.41, 5.74) is 3.71. The second kappa shape index (κ2) is 9.12. The van der Waals surface area contributed by atoms with Crippen LogP contribution in [0.25, 0.3) is 11.4 Å². The van der Waals surface area contributed by atoms with Crippen LogP contribution in [-0.4, -0.2) is 21.4 Å². The molecule has 0 bridgehead atoms. The number of ketones is 1. The van der Waals surface area contributed by atoms with Gasteiger partial charge in [-0.25, -0.2) is 4.98 Å². The number of aromatic nitrogens is 2. The molecule has 0 saturated carbocycles. The van der Waals surface area contributed by atoms with Crippen molar-refractivity contribution in [3.8, 4) is 11.4 Å². The first-order valence-corrected chi connectivity index (χ1v) is 11.1. The van der Waals surface area contributed by atoms with Gasteiger partial charge in [-0.3, -0.25) is 14.2 Å². The van der Waals surface area contributed by atoms with E-state index in [1.165, 1.54) is 0 Å². The number of rotatable bonds is 7. The Kier molecular flexibility index (Phi) is 6.78. The smallest absolute Gasteiger partial charge is 0.277 e. The van der Waals surface area contributed by atoms with Gasteiger partial charge in [0.25, 0.3) is 5.56 Å². The van der Waals surface area contributed by atoms with Gasteiger partial charge >= 0.3 is 0 Å². The normalized spacial score (nSPS) is 13.7. The van der Waals surface area contributed by atoms with E-state index < -0.39 is 0 Å². The van der Waals surface area contributed by atoms with Crippen LogP contribution in [0.3, 0.4) is 0 Å². The highest BCUT2D eigenvalue weighted by molar-refractivity contribution is 6.33. The number of fused-ring (bicyclic) bond motifs is 1. The Balaban J connectivity index is 2.19. The molecule has 1 heterocycles. The summed E-state index contributed by atoms with van der Waals surface area (Å²) in [7, 11) is 0. The van der Waals surface area contributed by atoms with Gasteiger partial charge in [-0.05, 0) is 56.7 Å². The molecule has 6 heteroatoms. The van der Waals surface area contributed by atoms with Crippen LogP contribution in [0.5, 0.6) is 0 Å². The molecule has 0 fully saturated rings. The highest BCUT2D eigenvalue weighted by Crippen LogP contribution is 2.33. The second-order valence-electron chi connectivity index (χ2n) is 7.58. The molecule has 1 N–H and O–H groups in total. The SMILES string of the molecule is CCc1nc(-c2cc3c(cc2Cl)C(=O)CCC3)n(CC)c(=O)c1NC(CC)CC. The molecule has 1 aliphatic carbocycles. The predicted octanol–water partition coefficient (Wildman–Crippen LogP) is 5.27. The Hall–Kier alpha value is -2.14. The fourth-order valence-corrected chi connectivity index (χ4v) is 4.27. The molecular weight excluding hydrogens is 386 g/mol. The Morgan fingerprint density at radius 1 is 1.10 bits per heavy atom. The Morgan fingerprint density at radius 2 is 1.83 bits per heavy atom. The van der Waals surface area contributed by atoms with Crippen molar-refractivity contribution in [2.75, 3.05) is 5.32 Å². The summed E-state index contributed by atoms with van der Waals surface area (Å²) in [6, 6.07) is 3.95. The zero-order valence-corrected chi connectivity index (χ0v) is 18.5. The number of nitrogens with zero attached hydrogens (tertiary/aromatic N) is 2. The molecule has 0 radical (unpaired) electrons. The van der Waals surface area contributed by atoms with E-state index >= 15 is 0 Å². The maximum Gasteiger partial charge on any atom is 0.277 e. The number of carbonyl (C=O) groups excluding carboxylic acids is 1. The Bertz CT molecular complexity index is 977. The number of carbonyl (C=O) groups is 1. The first-order valence-electron chi connectivity index (χ1n) is 10.7. The number of nitrogens with one attached hydrogen (secondary N) is 1. The lowest BCUT2D eigenvalue weighted by atomic mass is 9.89. The molecule has 0 aliphatic heterocycles. The van der Waals surface area contributed by atoms with Gasteiger partial charge in [0, 0.05) is 30.1 Å². The molecule has 0 amide bonds. The highest BCUT2D eigenvalue weighted by atomic mass is 35.5. The zero-order valence-electron chi connectivity index (χ0n) is 17.8. The van der Waals surface area contributed by atoms with Gasteiger partial charge in [0.15, 0.2) is 5.78 Å². The number of hydrogen-bond donors (Lipinski definition) is 1.